The summed E-state index contributed by atoms with van der Waals surface area (Å²) in [6, 6.07) is 4.44. The maximum absolute atomic E-state index is 13.4. The molecule has 0 aliphatic heterocycles. The van der Waals surface area contributed by atoms with Gasteiger partial charge in [-0.25, -0.2) is 4.39 Å². The summed E-state index contributed by atoms with van der Waals surface area (Å²) in [5, 5.41) is 0.361. The van der Waals surface area contributed by atoms with Crippen LogP contribution < -0.4 is 5.73 Å². The third-order valence-electron chi connectivity index (χ3n) is 1.99. The molecule has 14 heavy (non-hydrogen) atoms. The number of ether oxygens (including phenoxy) is 1. The maximum atomic E-state index is 13.4. The van der Waals surface area contributed by atoms with Gasteiger partial charge in [0.1, 0.15) is 5.82 Å². The highest BCUT2D eigenvalue weighted by atomic mass is 35.5. The molecule has 1 atom stereocenters. The van der Waals surface area contributed by atoms with Crippen LogP contribution in [0.5, 0.6) is 0 Å². The molecule has 0 bridgehead atoms. The summed E-state index contributed by atoms with van der Waals surface area (Å²) >= 11 is 5.63. The van der Waals surface area contributed by atoms with Crippen molar-refractivity contribution in [3.63, 3.8) is 0 Å². The Morgan fingerprint density at radius 2 is 2.21 bits per heavy atom. The second kappa shape index (κ2) is 4.26. The number of halogens is 2. The zero-order valence-electron chi connectivity index (χ0n) is 8.18. The molecule has 0 aliphatic rings. The molecule has 0 fully saturated rings. The lowest BCUT2D eigenvalue weighted by atomic mass is 9.94. The summed E-state index contributed by atoms with van der Waals surface area (Å²) < 4.78 is 18.4. The van der Waals surface area contributed by atoms with Gasteiger partial charge in [0.2, 0.25) is 0 Å². The SMILES string of the molecule is COCC(C)(N)c1ccc(Cl)cc1F. The highest BCUT2D eigenvalue weighted by molar-refractivity contribution is 6.30. The van der Waals surface area contributed by atoms with E-state index in [2.05, 4.69) is 0 Å². The molecular formula is C10H13ClFNO. The highest BCUT2D eigenvalue weighted by Gasteiger charge is 2.24. The molecule has 0 saturated heterocycles. The van der Waals surface area contributed by atoms with E-state index in [0.29, 0.717) is 10.6 Å². The Hall–Kier alpha value is -0.640. The van der Waals surface area contributed by atoms with Crippen LogP contribution in [0.2, 0.25) is 5.02 Å². The predicted octanol–water partition coefficient (Wildman–Crippen LogP) is 2.30. The van der Waals surface area contributed by atoms with Crippen molar-refractivity contribution in [1.29, 1.82) is 0 Å². The van der Waals surface area contributed by atoms with Gasteiger partial charge in [0.15, 0.2) is 0 Å². The van der Waals surface area contributed by atoms with Crippen molar-refractivity contribution in [2.45, 2.75) is 12.5 Å². The lowest BCUT2D eigenvalue weighted by Gasteiger charge is -2.24. The molecule has 0 aromatic heterocycles. The van der Waals surface area contributed by atoms with Gasteiger partial charge in [0.25, 0.3) is 0 Å². The fraction of sp³-hybridized carbons (Fsp3) is 0.400. The molecule has 0 radical (unpaired) electrons. The van der Waals surface area contributed by atoms with Gasteiger partial charge in [0, 0.05) is 17.7 Å². The van der Waals surface area contributed by atoms with Crippen molar-refractivity contribution < 1.29 is 9.13 Å². The smallest absolute Gasteiger partial charge is 0.129 e. The minimum atomic E-state index is -0.830. The van der Waals surface area contributed by atoms with Gasteiger partial charge >= 0.3 is 0 Å². The summed E-state index contributed by atoms with van der Waals surface area (Å²) in [7, 11) is 1.53. The van der Waals surface area contributed by atoms with E-state index in [0.717, 1.165) is 0 Å². The molecular weight excluding hydrogens is 205 g/mol. The Morgan fingerprint density at radius 1 is 1.57 bits per heavy atom. The van der Waals surface area contributed by atoms with E-state index >= 15 is 0 Å². The molecule has 0 saturated carbocycles. The summed E-state index contributed by atoms with van der Waals surface area (Å²) in [4.78, 5) is 0. The molecule has 2 nitrogen and oxygen atoms in total. The average molecular weight is 218 g/mol. The van der Waals surface area contributed by atoms with Gasteiger partial charge in [-0.2, -0.15) is 0 Å². The largest absolute Gasteiger partial charge is 0.382 e. The van der Waals surface area contributed by atoms with Crippen LogP contribution in [0, 0.1) is 5.82 Å². The monoisotopic (exact) mass is 217 g/mol. The molecule has 1 rings (SSSR count). The predicted molar refractivity (Wildman–Crippen MR) is 54.8 cm³/mol. The lowest BCUT2D eigenvalue weighted by molar-refractivity contribution is 0.139. The van der Waals surface area contributed by atoms with Gasteiger partial charge < -0.3 is 10.5 Å². The van der Waals surface area contributed by atoms with Crippen molar-refractivity contribution >= 4 is 11.6 Å². The number of hydrogen-bond donors (Lipinski definition) is 1. The fourth-order valence-corrected chi connectivity index (χ4v) is 1.49. The van der Waals surface area contributed by atoms with E-state index in [1.165, 1.54) is 13.2 Å². The van der Waals surface area contributed by atoms with E-state index in [1.807, 2.05) is 0 Å². The van der Waals surface area contributed by atoms with Crippen molar-refractivity contribution in [3.8, 4) is 0 Å². The quantitative estimate of drug-likeness (QED) is 0.843. The molecule has 0 heterocycles. The molecule has 2 N–H and O–H groups in total. The Labute approximate surface area is 87.8 Å². The van der Waals surface area contributed by atoms with Gasteiger partial charge in [0.05, 0.1) is 12.1 Å². The third kappa shape index (κ3) is 2.44. The van der Waals surface area contributed by atoms with Crippen LogP contribution in [0.25, 0.3) is 0 Å². The van der Waals surface area contributed by atoms with Crippen LogP contribution in [0.4, 0.5) is 4.39 Å². The standard InChI is InChI=1S/C10H13ClFNO/c1-10(13,6-14-2)8-4-3-7(11)5-9(8)12/h3-5H,6,13H2,1-2H3. The van der Waals surface area contributed by atoms with Gasteiger partial charge in [-0.3, -0.25) is 0 Å². The third-order valence-corrected chi connectivity index (χ3v) is 2.23. The molecule has 4 heteroatoms. The number of nitrogens with two attached hydrogens (primary N) is 1. The van der Waals surface area contributed by atoms with Gasteiger partial charge in [-0.05, 0) is 19.1 Å². The summed E-state index contributed by atoms with van der Waals surface area (Å²) in [6.07, 6.45) is 0. The van der Waals surface area contributed by atoms with Crippen molar-refractivity contribution in [1.82, 2.24) is 0 Å². The zero-order chi connectivity index (χ0) is 10.8. The molecule has 78 valence electrons. The number of hydrogen-bond acceptors (Lipinski definition) is 2. The average Bonchev–Trinajstić information content (AvgIpc) is 2.02. The minimum Gasteiger partial charge on any atom is -0.382 e. The normalized spacial score (nSPS) is 15.2. The molecule has 0 amide bonds. The molecule has 1 aromatic carbocycles. The first-order valence-electron chi connectivity index (χ1n) is 4.21. The van der Waals surface area contributed by atoms with Gasteiger partial charge in [-0.15, -0.1) is 0 Å². The van der Waals surface area contributed by atoms with E-state index in [-0.39, 0.29) is 6.61 Å². The lowest BCUT2D eigenvalue weighted by Crippen LogP contribution is -2.38. The fourth-order valence-electron chi connectivity index (χ4n) is 1.33. The Morgan fingerprint density at radius 3 is 2.71 bits per heavy atom. The first-order chi connectivity index (χ1) is 6.47. The van der Waals surface area contributed by atoms with Crippen LogP contribution >= 0.6 is 11.6 Å². The second-order valence-corrected chi connectivity index (χ2v) is 3.91. The first-order valence-corrected chi connectivity index (χ1v) is 4.58. The zero-order valence-corrected chi connectivity index (χ0v) is 8.94. The van der Waals surface area contributed by atoms with Crippen molar-refractivity contribution in [3.05, 3.63) is 34.6 Å². The Bertz CT molecular complexity index is 328. The van der Waals surface area contributed by atoms with Crippen LogP contribution in [-0.2, 0) is 10.3 Å². The van der Waals surface area contributed by atoms with Crippen molar-refractivity contribution in [2.75, 3.05) is 13.7 Å². The topological polar surface area (TPSA) is 35.2 Å². The summed E-state index contributed by atoms with van der Waals surface area (Å²) in [5.41, 5.74) is 5.47. The van der Waals surface area contributed by atoms with E-state index in [4.69, 9.17) is 22.1 Å². The van der Waals surface area contributed by atoms with E-state index in [1.54, 1.807) is 19.1 Å². The summed E-state index contributed by atoms with van der Waals surface area (Å²) in [6.45, 7) is 1.97. The first kappa shape index (κ1) is 11.4. The van der Waals surface area contributed by atoms with Crippen molar-refractivity contribution in [2.24, 2.45) is 5.73 Å². The highest BCUT2D eigenvalue weighted by Crippen LogP contribution is 2.23. The Kier molecular flexibility index (Phi) is 3.48. The van der Waals surface area contributed by atoms with Crippen LogP contribution in [0.1, 0.15) is 12.5 Å². The molecule has 1 aromatic rings. The molecule has 1 unspecified atom stereocenters. The van der Waals surface area contributed by atoms with E-state index in [9.17, 15) is 4.39 Å². The molecule has 0 spiro atoms. The van der Waals surface area contributed by atoms with Gasteiger partial charge in [-0.1, -0.05) is 17.7 Å². The number of benzene rings is 1. The van der Waals surface area contributed by atoms with Crippen LogP contribution in [0.15, 0.2) is 18.2 Å². The van der Waals surface area contributed by atoms with Crippen LogP contribution in [-0.4, -0.2) is 13.7 Å². The number of methoxy groups -OCH3 is 1. The van der Waals surface area contributed by atoms with E-state index < -0.39 is 11.4 Å². The Balaban J connectivity index is 3.06. The maximum Gasteiger partial charge on any atom is 0.129 e. The van der Waals surface area contributed by atoms with Crippen LogP contribution in [0.3, 0.4) is 0 Å². The summed E-state index contributed by atoms with van der Waals surface area (Å²) in [5.74, 6) is -0.403. The molecule has 0 aliphatic carbocycles. The second-order valence-electron chi connectivity index (χ2n) is 3.47. The number of rotatable bonds is 3. The minimum absolute atomic E-state index is 0.256.